The van der Waals surface area contributed by atoms with Gasteiger partial charge in [-0.2, -0.15) is 0 Å². The van der Waals surface area contributed by atoms with Gasteiger partial charge in [0.15, 0.2) is 0 Å². The van der Waals surface area contributed by atoms with Crippen LogP contribution >= 0.6 is 80.6 Å². The molecule has 21 rings (SSSR count). The van der Waals surface area contributed by atoms with E-state index in [2.05, 4.69) is 94.7 Å². The molecule has 0 bridgehead atoms. The number of carbonyl (C=O) groups is 3. The summed E-state index contributed by atoms with van der Waals surface area (Å²) >= 11 is 31.9. The number of fused-ring (bicyclic) bond motifs is 6. The summed E-state index contributed by atoms with van der Waals surface area (Å²) in [7, 11) is 18.8. The normalized spacial score (nSPS) is 12.8. The first kappa shape index (κ1) is 103. The van der Waals surface area contributed by atoms with E-state index in [9.17, 15) is 38.4 Å². The van der Waals surface area contributed by atoms with Gasteiger partial charge in [-0.3, -0.25) is 50.5 Å². The van der Waals surface area contributed by atoms with Crippen molar-refractivity contribution in [2.24, 2.45) is 93.3 Å². The molecule has 0 saturated heterocycles. The van der Waals surface area contributed by atoms with Gasteiger partial charge in [0.1, 0.15) is 5.69 Å². The molecule has 0 radical (unpaired) electrons. The summed E-state index contributed by atoms with van der Waals surface area (Å²) in [5.74, 6) is 16.6. The van der Waals surface area contributed by atoms with Gasteiger partial charge in [0.05, 0.1) is 125 Å². The fourth-order valence-corrected chi connectivity index (χ4v) is 15.9. The van der Waals surface area contributed by atoms with Crippen LogP contribution in [0.25, 0.3) is 76.9 Å². The Labute approximate surface area is 833 Å². The maximum atomic E-state index is 12.2. The smallest absolute Gasteiger partial charge is 0.337 e. The Bertz CT molecular complexity index is 7630. The molecule has 0 atom stereocenters. The molecule has 4 saturated carbocycles. The van der Waals surface area contributed by atoms with Gasteiger partial charge in [-0.05, 0) is 229 Å². The molecule has 7 heterocycles. The molecule has 34 heteroatoms. The number of aryl methyl sites for hydroxylation is 10. The fourth-order valence-electron chi connectivity index (χ4n) is 14.6. The van der Waals surface area contributed by atoms with E-state index in [-0.39, 0.29) is 46.5 Å². The average Bonchev–Trinajstić information content (AvgIpc) is 1.62. The quantitative estimate of drug-likeness (QED) is 0.0218. The number of carboxylic acids is 1. The summed E-state index contributed by atoms with van der Waals surface area (Å²) < 4.78 is 23.7. The SMILES string of the molecule is C#CC1CC1.COC(=O)c1ccc2c(c1)n(C)c(=O)n2C.Clc1ccccc1C#CC1CC1.Clc1ccccc1C#CC1CC1.Clc1ccccc1I.Cn1c(=O)n(C)c2cc(CCl)ccc21.Cn1c(=O)n(C)c2cc(CN=[N+]=[N-])ccc21.Cn1c(=O)n(C)c2cc(CO)ccc21.Cn1c(=O)n(C)c2cc(Cn3nnc(-c4ccccc4Cl)c3C3CC3)ccc21.O=C1Cc2ccc(C(=O)O)cc2N1. The minimum Gasteiger partial charge on any atom is -0.478 e. The van der Waals surface area contributed by atoms with Crippen molar-refractivity contribution >= 4 is 159 Å². The van der Waals surface area contributed by atoms with E-state index in [1.165, 1.54) is 66.9 Å². The molecule has 1 aliphatic heterocycles. The first-order chi connectivity index (χ1) is 66.2. The summed E-state index contributed by atoms with van der Waals surface area (Å²) in [5, 5.41) is 35.7. The maximum Gasteiger partial charge on any atom is 0.337 e. The molecule has 4 fully saturated rings. The third kappa shape index (κ3) is 25.9. The van der Waals surface area contributed by atoms with Crippen molar-refractivity contribution in [3.8, 4) is 47.3 Å². The number of hydrogen-bond donors (Lipinski definition) is 3. The van der Waals surface area contributed by atoms with Crippen LogP contribution in [-0.2, 0) is 112 Å². The Kier molecular flexibility index (Phi) is 35.4. The van der Waals surface area contributed by atoms with Crippen molar-refractivity contribution in [2.45, 2.75) is 89.3 Å². The van der Waals surface area contributed by atoms with Gasteiger partial charge in [-0.15, -0.1) is 29.0 Å². The van der Waals surface area contributed by atoms with Crippen LogP contribution in [0.3, 0.4) is 0 Å². The molecular weight excluding hydrogens is 1970 g/mol. The number of ether oxygens (including phenoxy) is 1. The minimum atomic E-state index is -0.982. The number of alkyl halides is 1. The van der Waals surface area contributed by atoms with Gasteiger partial charge in [-0.1, -0.05) is 165 Å². The van der Waals surface area contributed by atoms with Gasteiger partial charge >= 0.3 is 40.4 Å². The molecule has 10 aromatic carbocycles. The second kappa shape index (κ2) is 47.3. The molecule has 710 valence electrons. The van der Waals surface area contributed by atoms with Crippen molar-refractivity contribution in [1.29, 1.82) is 0 Å². The number of azide groups is 1. The molecule has 138 heavy (non-hydrogen) atoms. The predicted molar refractivity (Wildman–Crippen MR) is 556 cm³/mol. The van der Waals surface area contributed by atoms with E-state index in [0.717, 1.165) is 143 Å². The van der Waals surface area contributed by atoms with Crippen LogP contribution in [0.4, 0.5) is 5.69 Å². The number of aromatic carboxylic acids is 1. The number of rotatable bonds is 10. The van der Waals surface area contributed by atoms with Crippen molar-refractivity contribution in [3.63, 3.8) is 0 Å². The van der Waals surface area contributed by atoms with Gasteiger partial charge in [-0.25, -0.2) is 38.2 Å². The molecule has 3 N–H and O–H groups in total. The van der Waals surface area contributed by atoms with Crippen LogP contribution in [-0.4, -0.2) is 95.8 Å². The Morgan fingerprint density at radius 3 is 1.30 bits per heavy atom. The topological polar surface area (TPSA) is 327 Å². The van der Waals surface area contributed by atoms with E-state index < -0.39 is 11.9 Å². The minimum absolute atomic E-state index is 0.000967. The molecule has 0 unspecified atom stereocenters. The third-order valence-corrected chi connectivity index (χ3v) is 26.1. The summed E-state index contributed by atoms with van der Waals surface area (Å²) in [6, 6.07) is 63.6. The molecule has 6 aromatic heterocycles. The number of terminal acetylenes is 1. The lowest BCUT2D eigenvalue weighted by molar-refractivity contribution is -0.115. The van der Waals surface area contributed by atoms with Crippen LogP contribution in [0.2, 0.25) is 20.1 Å². The number of methoxy groups -OCH3 is 1. The zero-order chi connectivity index (χ0) is 99.5. The number of hydrogen-bond acceptors (Lipinski definition) is 13. The zero-order valence-electron chi connectivity index (χ0n) is 77.7. The highest BCUT2D eigenvalue weighted by molar-refractivity contribution is 14.1. The first-order valence-corrected chi connectivity index (χ1v) is 47.0. The van der Waals surface area contributed by atoms with Crippen LogP contribution in [0.5, 0.6) is 0 Å². The monoisotopic (exact) mass is 2070 g/mol. The molecule has 16 aromatic rings. The van der Waals surface area contributed by atoms with E-state index in [0.29, 0.717) is 65.3 Å². The standard InChI is InChI=1S/C21H20ClN5O.2C11H9Cl.C11H12N2O3.C10H11ClN2O.C10H11N5O.C10H12N2O2.C9H7NO3.C6H4ClI.C5H6/c1-25-17-10-7-13(11-18(17)26(2)21(25)28)12-27-20(14-8-9-14)19(23-24-27)15-5-3-4-6-16(15)22;2*12-11-4-2-1-3-10(11)8-7-9-5-6-9;1-12-8-5-4-7(10(14)16-3)6-9(8)13(2)11(12)15;1-12-8-4-3-7(6-11)5-9(8)13(2)10(12)14;1-14-8-4-3-7(6-12-13-11)5-9(8)15(2)10(14)16;1-11-8-4-3-7(6-13)5-9(8)12(2)10(11)14;11-8-4-5-1-2-6(9(12)13)3-7(5)10-8;7-5-3-1-2-4-6(5)8;1-2-5-3-4-5/h3-7,10-11,14H,8-9,12H2,1-2H3;2*1-4,9H,5-6H2;4-6H,1-3H3;3-5H,6H2,1-2H3;3-5H,6H2,1-2H3;3-5,13H,6H2,1-2H3;1-3H,4H2,(H,10,11)(H,12,13);1-4H;1,5H,3-4H2. The molecule has 5 aliphatic rings. The van der Waals surface area contributed by atoms with Crippen LogP contribution < -0.4 is 33.8 Å². The number of nitrogens with zero attached hydrogens (tertiary/aromatic N) is 16. The summed E-state index contributed by atoms with van der Waals surface area (Å²) in [4.78, 5) is 94.2. The summed E-state index contributed by atoms with van der Waals surface area (Å²) in [6.07, 6.45) is 15.2. The number of amides is 1. The van der Waals surface area contributed by atoms with Crippen LogP contribution in [0, 0.1) is 57.3 Å². The van der Waals surface area contributed by atoms with Crippen molar-refractivity contribution in [1.82, 2.24) is 60.7 Å². The van der Waals surface area contributed by atoms with Gasteiger partial charge in [0.25, 0.3) is 0 Å². The number of aliphatic hydroxyl groups is 1. The zero-order valence-corrected chi connectivity index (χ0v) is 83.6. The summed E-state index contributed by atoms with van der Waals surface area (Å²) in [5.41, 5.74) is 27.5. The van der Waals surface area contributed by atoms with E-state index >= 15 is 0 Å². The second-order valence-electron chi connectivity index (χ2n) is 33.2. The number of carbonyl (C=O) groups excluding carboxylic acids is 2. The van der Waals surface area contributed by atoms with E-state index in [1.807, 2.05) is 162 Å². The predicted octanol–water partition coefficient (Wildman–Crippen LogP) is 19.1. The van der Waals surface area contributed by atoms with E-state index in [1.54, 1.807) is 131 Å². The lowest BCUT2D eigenvalue weighted by Gasteiger charge is -2.09. The van der Waals surface area contributed by atoms with Crippen LogP contribution in [0.15, 0.2) is 235 Å². The molecule has 0 spiro atoms. The highest BCUT2D eigenvalue weighted by atomic mass is 127. The molecular formula is C104H101Cl5IN17O11. The highest BCUT2D eigenvalue weighted by Gasteiger charge is 2.33. The Balaban J connectivity index is 0.000000141. The summed E-state index contributed by atoms with van der Waals surface area (Å²) in [6.45, 7) is 0.914. The second-order valence-corrected chi connectivity index (χ2v) is 36.3. The van der Waals surface area contributed by atoms with Crippen molar-refractivity contribution in [2.75, 3.05) is 12.4 Å². The van der Waals surface area contributed by atoms with Crippen LogP contribution in [0.1, 0.15) is 123 Å². The average molecular weight is 2070 g/mol. The number of halogens is 6. The number of nitrogens with one attached hydrogen (secondary N) is 1. The Hall–Kier alpha value is -13.8. The Morgan fingerprint density at radius 1 is 0.493 bits per heavy atom. The van der Waals surface area contributed by atoms with Crippen molar-refractivity contribution in [3.05, 3.63) is 349 Å². The molecule has 4 aliphatic carbocycles. The molecule has 1 amide bonds. The lowest BCUT2D eigenvalue weighted by atomic mass is 10.1. The largest absolute Gasteiger partial charge is 0.478 e. The number of aromatic nitrogens is 13. The maximum absolute atomic E-state index is 12.2. The van der Waals surface area contributed by atoms with E-state index in [4.69, 9.17) is 80.2 Å². The number of esters is 1. The number of carboxylic acid groups (broad SMARTS) is 1. The number of anilines is 1. The number of benzene rings is 10. The van der Waals surface area contributed by atoms with Gasteiger partial charge < -0.3 is 20.3 Å². The number of imidazole rings is 5. The number of aliphatic hydroxyl groups excluding tert-OH is 1. The molecule has 28 nitrogen and oxygen atoms in total. The van der Waals surface area contributed by atoms with Gasteiger partial charge in [0, 0.05) is 131 Å². The fraction of sp³-hybridized carbons (Fsp3) is 0.269. The van der Waals surface area contributed by atoms with Crippen molar-refractivity contribution < 1.29 is 29.3 Å². The Morgan fingerprint density at radius 2 is 0.891 bits per heavy atom. The third-order valence-electron chi connectivity index (χ3n) is 23.2. The highest BCUT2D eigenvalue weighted by Crippen LogP contribution is 2.45. The lowest BCUT2D eigenvalue weighted by Crippen LogP contribution is -2.19. The first-order valence-electron chi connectivity index (χ1n) is 43.9. The van der Waals surface area contributed by atoms with Gasteiger partial charge in [0.2, 0.25) is 5.91 Å².